The fourth-order valence-electron chi connectivity index (χ4n) is 4.34. The molecule has 3 aromatic carbocycles. The molecule has 0 spiro atoms. The van der Waals surface area contributed by atoms with Crippen molar-refractivity contribution in [2.24, 2.45) is 5.92 Å². The third kappa shape index (κ3) is 5.86. The van der Waals surface area contributed by atoms with E-state index in [0.717, 1.165) is 40.4 Å². The zero-order chi connectivity index (χ0) is 23.0. The molecule has 1 N–H and O–H groups in total. The first kappa shape index (κ1) is 22.7. The molecule has 172 valence electrons. The van der Waals surface area contributed by atoms with Crippen molar-refractivity contribution in [2.45, 2.75) is 32.3 Å². The van der Waals surface area contributed by atoms with Crippen LogP contribution in [0.25, 0.3) is 0 Å². The number of carbonyl (C=O) groups is 1. The molecule has 5 nitrogen and oxygen atoms in total. The number of methoxy groups -OCH3 is 1. The van der Waals surface area contributed by atoms with Crippen molar-refractivity contribution in [2.75, 3.05) is 20.3 Å². The highest BCUT2D eigenvalue weighted by Crippen LogP contribution is 2.35. The summed E-state index contributed by atoms with van der Waals surface area (Å²) in [6, 6.07) is 24.2. The van der Waals surface area contributed by atoms with Gasteiger partial charge in [-0.05, 0) is 60.7 Å². The normalized spacial score (nSPS) is 17.8. The Balaban J connectivity index is 1.43. The van der Waals surface area contributed by atoms with Crippen molar-refractivity contribution in [3.8, 4) is 17.2 Å². The molecule has 1 saturated heterocycles. The number of piperidine rings is 1. The van der Waals surface area contributed by atoms with Gasteiger partial charge < -0.3 is 19.5 Å². The van der Waals surface area contributed by atoms with Crippen LogP contribution in [-0.4, -0.2) is 26.2 Å². The second kappa shape index (κ2) is 10.9. The second-order valence-corrected chi connectivity index (χ2v) is 8.34. The Bertz CT molecular complexity index is 1070. The van der Waals surface area contributed by atoms with E-state index in [-0.39, 0.29) is 17.7 Å². The summed E-state index contributed by atoms with van der Waals surface area (Å²) in [7, 11) is 1.64. The Morgan fingerprint density at radius 2 is 1.73 bits per heavy atom. The van der Waals surface area contributed by atoms with Crippen LogP contribution >= 0.6 is 0 Å². The van der Waals surface area contributed by atoms with E-state index < -0.39 is 0 Å². The van der Waals surface area contributed by atoms with Gasteiger partial charge in [0.05, 0.1) is 13.7 Å². The minimum absolute atomic E-state index is 0.0919. The van der Waals surface area contributed by atoms with Gasteiger partial charge in [0.15, 0.2) is 11.5 Å². The molecule has 0 radical (unpaired) electrons. The molecule has 0 saturated carbocycles. The number of benzene rings is 3. The Morgan fingerprint density at radius 1 is 0.909 bits per heavy atom. The summed E-state index contributed by atoms with van der Waals surface area (Å²) < 4.78 is 17.1. The molecule has 0 aliphatic carbocycles. The van der Waals surface area contributed by atoms with Crippen LogP contribution in [-0.2, 0) is 17.8 Å². The van der Waals surface area contributed by atoms with Crippen molar-refractivity contribution >= 4 is 5.91 Å². The van der Waals surface area contributed by atoms with Gasteiger partial charge in [-0.25, -0.2) is 0 Å². The minimum atomic E-state index is -0.0919. The molecule has 1 heterocycles. The molecule has 1 aliphatic heterocycles. The summed E-state index contributed by atoms with van der Waals surface area (Å²) in [6.07, 6.45) is 1.47. The van der Waals surface area contributed by atoms with Gasteiger partial charge in [0.2, 0.25) is 5.91 Å². The molecule has 4 rings (SSSR count). The number of amides is 1. The largest absolute Gasteiger partial charge is 0.493 e. The molecule has 5 heteroatoms. The number of carbonyl (C=O) groups excluding carboxylic acids is 1. The van der Waals surface area contributed by atoms with Crippen LogP contribution in [0.3, 0.4) is 0 Å². The van der Waals surface area contributed by atoms with E-state index in [0.29, 0.717) is 26.2 Å². The minimum Gasteiger partial charge on any atom is -0.493 e. The number of hydrogen-bond acceptors (Lipinski definition) is 4. The molecule has 1 amide bonds. The molecule has 1 aliphatic rings. The average molecular weight is 446 g/mol. The highest BCUT2D eigenvalue weighted by Gasteiger charge is 2.30. The van der Waals surface area contributed by atoms with Gasteiger partial charge in [0.1, 0.15) is 12.4 Å². The third-order valence-corrected chi connectivity index (χ3v) is 6.05. The van der Waals surface area contributed by atoms with Gasteiger partial charge >= 0.3 is 0 Å². The first-order valence-corrected chi connectivity index (χ1v) is 11.5. The SMILES string of the molecule is CCOc1cc(C2CNC(=O)C(Cc3cccc(OCc4ccccc4)c3)C2)ccc1OC. The van der Waals surface area contributed by atoms with Gasteiger partial charge in [0, 0.05) is 18.4 Å². The van der Waals surface area contributed by atoms with Crippen LogP contribution in [0, 0.1) is 5.92 Å². The fourth-order valence-corrected chi connectivity index (χ4v) is 4.34. The number of ether oxygens (including phenoxy) is 3. The lowest BCUT2D eigenvalue weighted by Crippen LogP contribution is -2.41. The van der Waals surface area contributed by atoms with E-state index in [1.165, 1.54) is 0 Å². The summed E-state index contributed by atoms with van der Waals surface area (Å²) in [6.45, 7) is 3.69. The lowest BCUT2D eigenvalue weighted by Gasteiger charge is -2.30. The Hall–Kier alpha value is -3.47. The first-order valence-electron chi connectivity index (χ1n) is 11.5. The van der Waals surface area contributed by atoms with Gasteiger partial charge in [-0.1, -0.05) is 48.5 Å². The number of nitrogens with one attached hydrogen (secondary N) is 1. The first-order chi connectivity index (χ1) is 16.2. The van der Waals surface area contributed by atoms with Crippen LogP contribution in [0.1, 0.15) is 36.0 Å². The van der Waals surface area contributed by atoms with Crippen molar-refractivity contribution in [1.29, 1.82) is 0 Å². The highest BCUT2D eigenvalue weighted by molar-refractivity contribution is 5.80. The quantitative estimate of drug-likeness (QED) is 0.496. The summed E-state index contributed by atoms with van der Waals surface area (Å²) in [5.74, 6) is 2.54. The maximum absolute atomic E-state index is 12.7. The summed E-state index contributed by atoms with van der Waals surface area (Å²) >= 11 is 0. The zero-order valence-corrected chi connectivity index (χ0v) is 19.3. The Labute approximate surface area is 195 Å². The van der Waals surface area contributed by atoms with Crippen molar-refractivity contribution in [1.82, 2.24) is 5.32 Å². The van der Waals surface area contributed by atoms with Gasteiger partial charge in [0.25, 0.3) is 0 Å². The van der Waals surface area contributed by atoms with Gasteiger partial charge in [-0.3, -0.25) is 4.79 Å². The van der Waals surface area contributed by atoms with E-state index in [1.807, 2.05) is 67.6 Å². The number of rotatable bonds is 9. The third-order valence-electron chi connectivity index (χ3n) is 6.05. The topological polar surface area (TPSA) is 56.8 Å². The molecule has 0 bridgehead atoms. The Morgan fingerprint density at radius 3 is 2.52 bits per heavy atom. The molecule has 0 aromatic heterocycles. The molecule has 2 unspecified atom stereocenters. The molecule has 1 fully saturated rings. The van der Waals surface area contributed by atoms with E-state index in [2.05, 4.69) is 17.4 Å². The van der Waals surface area contributed by atoms with Crippen molar-refractivity contribution in [3.63, 3.8) is 0 Å². The lowest BCUT2D eigenvalue weighted by molar-refractivity contribution is -0.126. The van der Waals surface area contributed by atoms with E-state index in [4.69, 9.17) is 14.2 Å². The zero-order valence-electron chi connectivity index (χ0n) is 19.3. The van der Waals surface area contributed by atoms with Crippen LogP contribution in [0.4, 0.5) is 0 Å². The van der Waals surface area contributed by atoms with E-state index >= 15 is 0 Å². The van der Waals surface area contributed by atoms with Crippen LogP contribution in [0.2, 0.25) is 0 Å². The Kier molecular flexibility index (Phi) is 7.51. The van der Waals surface area contributed by atoms with Crippen molar-refractivity contribution < 1.29 is 19.0 Å². The smallest absolute Gasteiger partial charge is 0.223 e. The molecule has 2 atom stereocenters. The molecule has 3 aromatic rings. The predicted molar refractivity (Wildman–Crippen MR) is 129 cm³/mol. The summed E-state index contributed by atoms with van der Waals surface area (Å²) in [5.41, 5.74) is 3.39. The van der Waals surface area contributed by atoms with Crippen LogP contribution in [0.15, 0.2) is 72.8 Å². The highest BCUT2D eigenvalue weighted by atomic mass is 16.5. The van der Waals surface area contributed by atoms with E-state index in [1.54, 1.807) is 7.11 Å². The predicted octanol–water partition coefficient (Wildman–Crippen LogP) is 5.14. The van der Waals surface area contributed by atoms with Gasteiger partial charge in [-0.15, -0.1) is 0 Å². The van der Waals surface area contributed by atoms with Crippen molar-refractivity contribution in [3.05, 3.63) is 89.5 Å². The van der Waals surface area contributed by atoms with Crippen LogP contribution in [0.5, 0.6) is 17.2 Å². The van der Waals surface area contributed by atoms with Crippen LogP contribution < -0.4 is 19.5 Å². The van der Waals surface area contributed by atoms with E-state index in [9.17, 15) is 4.79 Å². The molecular weight excluding hydrogens is 414 g/mol. The molecule has 33 heavy (non-hydrogen) atoms. The second-order valence-electron chi connectivity index (χ2n) is 8.34. The summed E-state index contributed by atoms with van der Waals surface area (Å²) in [4.78, 5) is 12.7. The maximum atomic E-state index is 12.7. The summed E-state index contributed by atoms with van der Waals surface area (Å²) in [5, 5.41) is 3.10. The lowest BCUT2D eigenvalue weighted by atomic mass is 9.82. The fraction of sp³-hybridized carbons (Fsp3) is 0.321. The molecular formula is C28H31NO4. The standard InChI is InChI=1S/C28H31NO4/c1-3-32-27-17-22(12-13-26(27)31-2)24-16-23(28(30)29-18-24)14-21-10-7-11-25(15-21)33-19-20-8-5-4-6-9-20/h4-13,15,17,23-24H,3,14,16,18-19H2,1-2H3,(H,29,30). The average Bonchev–Trinajstić information content (AvgIpc) is 2.85. The monoisotopic (exact) mass is 445 g/mol. The number of hydrogen-bond donors (Lipinski definition) is 1. The van der Waals surface area contributed by atoms with Gasteiger partial charge in [-0.2, -0.15) is 0 Å². The maximum Gasteiger partial charge on any atom is 0.223 e.